The number of aromatic amines is 1. The van der Waals surface area contributed by atoms with Gasteiger partial charge in [-0.25, -0.2) is 14.5 Å². The molecule has 0 aliphatic heterocycles. The second kappa shape index (κ2) is 5.05. The topological polar surface area (TPSA) is 110 Å². The van der Waals surface area contributed by atoms with Crippen LogP contribution in [0.25, 0.3) is 16.6 Å². The van der Waals surface area contributed by atoms with E-state index in [0.29, 0.717) is 22.5 Å². The van der Waals surface area contributed by atoms with E-state index < -0.39 is 0 Å². The van der Waals surface area contributed by atoms with E-state index >= 15 is 0 Å². The molecule has 4 aromatic rings. The van der Waals surface area contributed by atoms with Crippen molar-refractivity contribution in [2.24, 2.45) is 0 Å². The first-order valence-electron chi connectivity index (χ1n) is 6.83. The third kappa shape index (κ3) is 2.24. The predicted molar refractivity (Wildman–Crippen MR) is 82.0 cm³/mol. The molecule has 0 aliphatic carbocycles. The van der Waals surface area contributed by atoms with Crippen molar-refractivity contribution < 1.29 is 4.79 Å². The van der Waals surface area contributed by atoms with E-state index in [1.54, 1.807) is 35.2 Å². The average molecular weight is 309 g/mol. The fourth-order valence-electron chi connectivity index (χ4n) is 2.38. The molecule has 0 saturated carbocycles. The number of H-pyrrole nitrogens is 1. The molecule has 4 aromatic heterocycles. The number of anilines is 1. The first-order chi connectivity index (χ1) is 11.2. The van der Waals surface area contributed by atoms with Crippen LogP contribution in [0.3, 0.4) is 0 Å². The number of carbonyl (C=O) groups is 1. The highest BCUT2D eigenvalue weighted by atomic mass is 16.2. The molecule has 0 saturated heterocycles. The minimum Gasteiger partial charge on any atom is -0.331 e. The van der Waals surface area contributed by atoms with Crippen LogP contribution in [0.15, 0.2) is 47.9 Å². The number of imidazole rings is 1. The van der Waals surface area contributed by atoms with Crippen LogP contribution in [0.2, 0.25) is 0 Å². The summed E-state index contributed by atoms with van der Waals surface area (Å²) in [7, 11) is 0. The Morgan fingerprint density at radius 3 is 3.00 bits per heavy atom. The number of nitrogens with zero attached hydrogens (tertiary/aromatic N) is 5. The van der Waals surface area contributed by atoms with Crippen LogP contribution in [0.1, 0.15) is 0 Å². The van der Waals surface area contributed by atoms with Gasteiger partial charge in [0.2, 0.25) is 11.9 Å². The molecule has 23 heavy (non-hydrogen) atoms. The summed E-state index contributed by atoms with van der Waals surface area (Å²) in [6, 6.07) is 3.49. The maximum atomic E-state index is 12.5. The molecule has 0 spiro atoms. The zero-order valence-corrected chi connectivity index (χ0v) is 11.8. The normalized spacial score (nSPS) is 11.1. The van der Waals surface area contributed by atoms with E-state index in [1.165, 1.54) is 17.0 Å². The van der Waals surface area contributed by atoms with Crippen LogP contribution >= 0.6 is 0 Å². The third-order valence-electron chi connectivity index (χ3n) is 3.43. The first-order valence-corrected chi connectivity index (χ1v) is 6.83. The van der Waals surface area contributed by atoms with Gasteiger partial charge in [0.25, 0.3) is 5.56 Å². The van der Waals surface area contributed by atoms with E-state index in [1.807, 2.05) is 0 Å². The minimum absolute atomic E-state index is 0.118. The zero-order chi connectivity index (χ0) is 15.8. The Hall–Kier alpha value is -3.49. The number of aromatic nitrogens is 6. The molecule has 9 nitrogen and oxygen atoms in total. The third-order valence-corrected chi connectivity index (χ3v) is 3.43. The quantitative estimate of drug-likeness (QED) is 0.569. The smallest absolute Gasteiger partial charge is 0.262 e. The number of carbonyl (C=O) groups excluding carboxylic acids is 1. The molecule has 114 valence electrons. The van der Waals surface area contributed by atoms with Gasteiger partial charge >= 0.3 is 0 Å². The molecule has 4 rings (SSSR count). The Morgan fingerprint density at radius 1 is 1.26 bits per heavy atom. The number of rotatable bonds is 3. The Morgan fingerprint density at radius 2 is 2.17 bits per heavy atom. The molecule has 0 fully saturated rings. The summed E-state index contributed by atoms with van der Waals surface area (Å²) in [5.74, 6) is -0.0155. The van der Waals surface area contributed by atoms with Crippen LogP contribution in [0.5, 0.6) is 0 Å². The fourth-order valence-corrected chi connectivity index (χ4v) is 2.38. The highest BCUT2D eigenvalue weighted by Crippen LogP contribution is 2.10. The molecule has 4 heterocycles. The molecule has 0 unspecified atom stereocenters. The number of hydrogen-bond acceptors (Lipinski definition) is 5. The highest BCUT2D eigenvalue weighted by Gasteiger charge is 2.11. The van der Waals surface area contributed by atoms with Crippen molar-refractivity contribution >= 4 is 28.4 Å². The predicted octanol–water partition coefficient (Wildman–Crippen LogP) is 0.406. The van der Waals surface area contributed by atoms with Crippen molar-refractivity contribution in [3.05, 3.63) is 53.5 Å². The van der Waals surface area contributed by atoms with Crippen molar-refractivity contribution in [3.63, 3.8) is 0 Å². The zero-order valence-electron chi connectivity index (χ0n) is 11.8. The monoisotopic (exact) mass is 309 g/mol. The molecule has 1 amide bonds. The van der Waals surface area contributed by atoms with E-state index in [0.717, 1.165) is 0 Å². The van der Waals surface area contributed by atoms with Crippen LogP contribution in [-0.2, 0) is 11.3 Å². The minimum atomic E-state index is -0.352. The maximum absolute atomic E-state index is 12.5. The molecule has 0 atom stereocenters. The fraction of sp³-hybridized carbons (Fsp3) is 0.0714. The lowest BCUT2D eigenvalue weighted by Crippen LogP contribution is -2.28. The molecule has 2 N–H and O–H groups in total. The van der Waals surface area contributed by atoms with Gasteiger partial charge in [0, 0.05) is 30.9 Å². The van der Waals surface area contributed by atoms with Gasteiger partial charge in [-0.05, 0) is 6.07 Å². The highest BCUT2D eigenvalue weighted by molar-refractivity contribution is 5.89. The lowest BCUT2D eigenvalue weighted by Gasteiger charge is -2.07. The summed E-state index contributed by atoms with van der Waals surface area (Å²) in [5.41, 5.74) is 1.000. The Bertz CT molecular complexity index is 1060. The Labute approximate surface area is 128 Å². The van der Waals surface area contributed by atoms with Crippen LogP contribution in [0.4, 0.5) is 5.95 Å². The van der Waals surface area contributed by atoms with E-state index in [4.69, 9.17) is 0 Å². The summed E-state index contributed by atoms with van der Waals surface area (Å²) in [6.45, 7) is -0.118. The molecule has 0 aromatic carbocycles. The summed E-state index contributed by atoms with van der Waals surface area (Å²) in [4.78, 5) is 35.3. The van der Waals surface area contributed by atoms with Gasteiger partial charge in [0.15, 0.2) is 5.65 Å². The summed E-state index contributed by atoms with van der Waals surface area (Å²) in [6.07, 6.45) is 7.80. The van der Waals surface area contributed by atoms with Crippen LogP contribution < -0.4 is 10.9 Å². The van der Waals surface area contributed by atoms with Gasteiger partial charge in [0.1, 0.15) is 6.54 Å². The van der Waals surface area contributed by atoms with Gasteiger partial charge in [0.05, 0.1) is 17.1 Å². The van der Waals surface area contributed by atoms with Gasteiger partial charge in [-0.1, -0.05) is 0 Å². The van der Waals surface area contributed by atoms with Crippen molar-refractivity contribution in [1.29, 1.82) is 0 Å². The summed E-state index contributed by atoms with van der Waals surface area (Å²) in [5, 5.41) is 7.11. The van der Waals surface area contributed by atoms with E-state index in [9.17, 15) is 9.59 Å². The second-order valence-corrected chi connectivity index (χ2v) is 4.89. The van der Waals surface area contributed by atoms with Gasteiger partial charge in [-0.3, -0.25) is 14.9 Å². The number of nitrogens with one attached hydrogen (secondary N) is 2. The standard InChI is InChI=1S/C14H11N7O2/c22-12(19-14-15-4-5-16-14)8-20-6-2-10-9(13(20)23)7-17-11-1-3-18-21(10)11/h1-7H,8H2,(H2,15,16,19,22). The van der Waals surface area contributed by atoms with E-state index in [-0.39, 0.29) is 18.0 Å². The second-order valence-electron chi connectivity index (χ2n) is 4.89. The average Bonchev–Trinajstić information content (AvgIpc) is 3.20. The molecular weight excluding hydrogens is 298 g/mol. The molecule has 9 heteroatoms. The van der Waals surface area contributed by atoms with E-state index in [2.05, 4.69) is 25.4 Å². The van der Waals surface area contributed by atoms with Crippen molar-refractivity contribution in [2.75, 3.05) is 5.32 Å². The molecule has 0 bridgehead atoms. The summed E-state index contributed by atoms with van der Waals surface area (Å²) < 4.78 is 2.90. The molecular formula is C14H11N7O2. The molecule has 0 aliphatic rings. The van der Waals surface area contributed by atoms with Gasteiger partial charge < -0.3 is 9.55 Å². The SMILES string of the molecule is O=C(Cn1ccc2c(cnc3ccnn32)c1=O)Nc1ncc[nH]1. The van der Waals surface area contributed by atoms with Crippen LogP contribution in [-0.4, -0.2) is 35.0 Å². The van der Waals surface area contributed by atoms with Crippen molar-refractivity contribution in [1.82, 2.24) is 29.1 Å². The van der Waals surface area contributed by atoms with Gasteiger partial charge in [-0.2, -0.15) is 5.10 Å². The number of amides is 1. The van der Waals surface area contributed by atoms with Crippen LogP contribution in [0, 0.1) is 0 Å². The van der Waals surface area contributed by atoms with Crippen molar-refractivity contribution in [2.45, 2.75) is 6.54 Å². The molecule has 0 radical (unpaired) electrons. The number of hydrogen-bond donors (Lipinski definition) is 2. The maximum Gasteiger partial charge on any atom is 0.262 e. The van der Waals surface area contributed by atoms with Crippen molar-refractivity contribution in [3.8, 4) is 0 Å². The van der Waals surface area contributed by atoms with Gasteiger partial charge in [-0.15, -0.1) is 0 Å². The lowest BCUT2D eigenvalue weighted by atomic mass is 10.3. The number of fused-ring (bicyclic) bond motifs is 3. The Kier molecular flexibility index (Phi) is 2.90. The number of pyridine rings is 1. The largest absolute Gasteiger partial charge is 0.331 e. The summed E-state index contributed by atoms with van der Waals surface area (Å²) >= 11 is 0. The Balaban J connectivity index is 1.70. The lowest BCUT2D eigenvalue weighted by molar-refractivity contribution is -0.116. The first kappa shape index (κ1) is 13.2.